The molecule has 2 aromatic rings. The zero-order chi connectivity index (χ0) is 23.7. The van der Waals surface area contributed by atoms with Gasteiger partial charge in [0.15, 0.2) is 6.10 Å². The number of ether oxygens (including phenoxy) is 1. The summed E-state index contributed by atoms with van der Waals surface area (Å²) in [7, 11) is 0. The van der Waals surface area contributed by atoms with E-state index in [9.17, 15) is 9.70 Å². The van der Waals surface area contributed by atoms with Gasteiger partial charge in [0, 0.05) is 35.1 Å². The van der Waals surface area contributed by atoms with Crippen LogP contribution in [0.3, 0.4) is 0 Å². The lowest BCUT2D eigenvalue weighted by Gasteiger charge is -2.46. The molecule has 3 heterocycles. The molecule has 0 aliphatic carbocycles. The Hall–Kier alpha value is -2.39. The van der Waals surface area contributed by atoms with Gasteiger partial charge >= 0.3 is 5.97 Å². The number of anilines is 1. The Morgan fingerprint density at radius 1 is 1.25 bits per heavy atom. The highest BCUT2D eigenvalue weighted by atomic mass is 32.1. The van der Waals surface area contributed by atoms with Crippen LogP contribution in [-0.2, 0) is 9.53 Å². The van der Waals surface area contributed by atoms with Crippen LogP contribution in [0.1, 0.15) is 72.3 Å². The number of rotatable bonds is 7. The first-order valence-electron chi connectivity index (χ1n) is 10.8. The number of carbonyl (C=O) groups is 1. The largest absolute Gasteiger partial charge is 0.454 e. The molecule has 0 bridgehead atoms. The highest BCUT2D eigenvalue weighted by molar-refractivity contribution is 7.15. The topological polar surface area (TPSA) is 106 Å². The molecule has 0 aromatic carbocycles. The Morgan fingerprint density at radius 2 is 1.91 bits per heavy atom. The highest BCUT2D eigenvalue weighted by Crippen LogP contribution is 2.39. The fraction of sp³-hybridized carbons (Fsp3) is 0.609. The molecule has 32 heavy (non-hydrogen) atoms. The summed E-state index contributed by atoms with van der Waals surface area (Å²) in [6.07, 6.45) is 2.91. The Bertz CT molecular complexity index is 970. The van der Waals surface area contributed by atoms with E-state index in [0.29, 0.717) is 5.95 Å². The van der Waals surface area contributed by atoms with E-state index in [-0.39, 0.29) is 17.1 Å². The number of hydrogen-bond acceptors (Lipinski definition) is 9. The average Bonchev–Trinajstić information content (AvgIpc) is 3.13. The number of carbonyl (C=O) groups excluding carboxylic acids is 1. The summed E-state index contributed by atoms with van der Waals surface area (Å²) >= 11 is 1.43. The van der Waals surface area contributed by atoms with E-state index in [1.807, 2.05) is 18.2 Å². The number of nitrogens with zero attached hydrogens (tertiary/aromatic N) is 3. The summed E-state index contributed by atoms with van der Waals surface area (Å²) in [4.78, 5) is 33.7. The molecule has 1 aliphatic heterocycles. The normalized spacial score (nSPS) is 19.2. The molecule has 0 spiro atoms. The SMILES string of the molecule is CC(=O)OC(c1ccc(-c2ccnc(NC3CC(C)(C)NC(C)(C)C3)n2)s1)C(C)(C)N=O. The smallest absolute Gasteiger partial charge is 0.303 e. The Morgan fingerprint density at radius 3 is 2.50 bits per heavy atom. The zero-order valence-electron chi connectivity index (χ0n) is 19.9. The van der Waals surface area contributed by atoms with Gasteiger partial charge in [-0.25, -0.2) is 9.97 Å². The van der Waals surface area contributed by atoms with Crippen molar-refractivity contribution in [3.8, 4) is 10.6 Å². The second-order valence-corrected chi connectivity index (χ2v) is 11.5. The van der Waals surface area contributed by atoms with Gasteiger partial charge < -0.3 is 15.4 Å². The van der Waals surface area contributed by atoms with E-state index in [4.69, 9.17) is 9.72 Å². The summed E-state index contributed by atoms with van der Waals surface area (Å²) in [5.74, 6) is 0.130. The Labute approximate surface area is 193 Å². The van der Waals surface area contributed by atoms with Crippen LogP contribution in [0.15, 0.2) is 29.6 Å². The number of hydrogen-bond donors (Lipinski definition) is 2. The van der Waals surface area contributed by atoms with Crippen molar-refractivity contribution in [1.29, 1.82) is 0 Å². The van der Waals surface area contributed by atoms with Gasteiger partial charge in [0.2, 0.25) is 5.95 Å². The maximum absolute atomic E-state index is 11.6. The fourth-order valence-electron chi connectivity index (χ4n) is 4.57. The number of thiophene rings is 1. The van der Waals surface area contributed by atoms with Crippen LogP contribution in [0.5, 0.6) is 0 Å². The lowest BCUT2D eigenvalue weighted by molar-refractivity contribution is -0.149. The lowest BCUT2D eigenvalue weighted by Crippen LogP contribution is -2.60. The van der Waals surface area contributed by atoms with E-state index in [1.54, 1.807) is 20.0 Å². The number of nitroso groups, excluding NO2 is 1. The van der Waals surface area contributed by atoms with Crippen LogP contribution < -0.4 is 10.6 Å². The van der Waals surface area contributed by atoms with Gasteiger partial charge in [-0.1, -0.05) is 5.18 Å². The molecule has 1 atom stereocenters. The summed E-state index contributed by atoms with van der Waals surface area (Å²) in [6, 6.07) is 5.87. The van der Waals surface area contributed by atoms with Crippen molar-refractivity contribution in [2.75, 3.05) is 5.32 Å². The molecular weight excluding hydrogens is 426 g/mol. The molecule has 1 aliphatic rings. The minimum Gasteiger partial charge on any atom is -0.454 e. The quantitative estimate of drug-likeness (QED) is 0.439. The summed E-state index contributed by atoms with van der Waals surface area (Å²) < 4.78 is 5.43. The van der Waals surface area contributed by atoms with Crippen molar-refractivity contribution in [3.05, 3.63) is 34.2 Å². The Kier molecular flexibility index (Phi) is 6.72. The van der Waals surface area contributed by atoms with Crippen molar-refractivity contribution < 1.29 is 9.53 Å². The second kappa shape index (κ2) is 8.86. The van der Waals surface area contributed by atoms with Gasteiger partial charge in [0.25, 0.3) is 0 Å². The summed E-state index contributed by atoms with van der Waals surface area (Å²) in [5, 5.41) is 10.4. The van der Waals surface area contributed by atoms with Gasteiger partial charge in [-0.05, 0) is 72.6 Å². The van der Waals surface area contributed by atoms with E-state index in [1.165, 1.54) is 18.3 Å². The van der Waals surface area contributed by atoms with Gasteiger partial charge in [0.05, 0.1) is 10.6 Å². The average molecular weight is 460 g/mol. The number of nitrogens with one attached hydrogen (secondary N) is 2. The van der Waals surface area contributed by atoms with Crippen LogP contribution in [0.2, 0.25) is 0 Å². The number of esters is 1. The first-order chi connectivity index (χ1) is 14.8. The first-order valence-corrected chi connectivity index (χ1v) is 11.6. The van der Waals surface area contributed by atoms with Gasteiger partial charge in [0.1, 0.15) is 5.54 Å². The number of aromatic nitrogens is 2. The molecule has 1 saturated heterocycles. The van der Waals surface area contributed by atoms with Crippen molar-refractivity contribution in [2.24, 2.45) is 5.18 Å². The molecule has 2 aromatic heterocycles. The fourth-order valence-corrected chi connectivity index (χ4v) is 5.76. The molecular formula is C23H33N5O3S. The lowest BCUT2D eigenvalue weighted by atomic mass is 9.80. The monoisotopic (exact) mass is 459 g/mol. The van der Waals surface area contributed by atoms with Crippen LogP contribution in [-0.4, -0.2) is 38.6 Å². The second-order valence-electron chi connectivity index (χ2n) is 10.3. The van der Waals surface area contributed by atoms with Crippen molar-refractivity contribution in [1.82, 2.24) is 15.3 Å². The van der Waals surface area contributed by atoms with Crippen molar-refractivity contribution in [2.45, 2.75) is 90.1 Å². The highest BCUT2D eigenvalue weighted by Gasteiger charge is 2.38. The van der Waals surface area contributed by atoms with Crippen LogP contribution in [0.25, 0.3) is 10.6 Å². The molecule has 1 fully saturated rings. The Balaban J connectivity index is 1.82. The van der Waals surface area contributed by atoms with E-state index < -0.39 is 17.6 Å². The van der Waals surface area contributed by atoms with Gasteiger partial charge in [-0.15, -0.1) is 11.3 Å². The van der Waals surface area contributed by atoms with Crippen LogP contribution in [0.4, 0.5) is 5.95 Å². The molecule has 0 amide bonds. The third-order valence-corrected chi connectivity index (χ3v) is 6.63. The van der Waals surface area contributed by atoms with Gasteiger partial charge in [-0.3, -0.25) is 4.79 Å². The molecule has 1 unspecified atom stereocenters. The van der Waals surface area contributed by atoms with Crippen LogP contribution in [0, 0.1) is 4.91 Å². The van der Waals surface area contributed by atoms with Gasteiger partial charge in [-0.2, -0.15) is 4.91 Å². The van der Waals surface area contributed by atoms with Crippen LogP contribution >= 0.6 is 11.3 Å². The molecule has 8 nitrogen and oxygen atoms in total. The van der Waals surface area contributed by atoms with E-state index >= 15 is 0 Å². The van der Waals surface area contributed by atoms with E-state index in [2.05, 4.69) is 48.5 Å². The molecule has 174 valence electrons. The first kappa shape index (κ1) is 24.3. The third kappa shape index (κ3) is 5.89. The van der Waals surface area contributed by atoms with Crippen molar-refractivity contribution >= 4 is 23.3 Å². The zero-order valence-corrected chi connectivity index (χ0v) is 20.7. The number of piperidine rings is 1. The maximum atomic E-state index is 11.6. The molecule has 9 heteroatoms. The van der Waals surface area contributed by atoms with Crippen molar-refractivity contribution in [3.63, 3.8) is 0 Å². The maximum Gasteiger partial charge on any atom is 0.303 e. The standard InChI is InChI=1S/C23H33N5O3S/c1-14(29)31-19(23(6,7)28-30)18-9-8-17(32-18)16-10-11-24-20(26-16)25-15-12-21(2,3)27-22(4,5)13-15/h8-11,15,19,27H,12-13H2,1-7H3,(H,24,25,26). The third-order valence-electron chi connectivity index (χ3n) is 5.48. The van der Waals surface area contributed by atoms with E-state index in [0.717, 1.165) is 28.3 Å². The minimum atomic E-state index is -1.08. The minimum absolute atomic E-state index is 0.0187. The molecule has 2 N–H and O–H groups in total. The predicted octanol–water partition coefficient (Wildman–Crippen LogP) is 5.08. The predicted molar refractivity (Wildman–Crippen MR) is 128 cm³/mol. The summed E-state index contributed by atoms with van der Waals surface area (Å²) in [5.41, 5.74) is -0.277. The molecule has 3 rings (SSSR count). The summed E-state index contributed by atoms with van der Waals surface area (Å²) in [6.45, 7) is 13.5. The molecule has 0 saturated carbocycles. The molecule has 0 radical (unpaired) electrons.